The van der Waals surface area contributed by atoms with Gasteiger partial charge >= 0.3 is 0 Å². The summed E-state index contributed by atoms with van der Waals surface area (Å²) in [5.74, 6) is -2.25. The maximum Gasteiger partial charge on any atom is 0.224 e. The maximum absolute atomic E-state index is 12.8. The SMILES string of the molecule is C[C@@H](CO)NC(=O)Cc1ccc(F)c(F)c1. The molecule has 0 heterocycles. The molecule has 0 aliphatic heterocycles. The van der Waals surface area contributed by atoms with Crippen molar-refractivity contribution in [3.05, 3.63) is 35.4 Å². The van der Waals surface area contributed by atoms with Crippen molar-refractivity contribution in [2.24, 2.45) is 0 Å². The minimum Gasteiger partial charge on any atom is -0.394 e. The van der Waals surface area contributed by atoms with Crippen LogP contribution in [0.2, 0.25) is 0 Å². The molecule has 1 rings (SSSR count). The molecule has 0 aliphatic rings. The molecule has 0 radical (unpaired) electrons. The number of amides is 1. The van der Waals surface area contributed by atoms with Gasteiger partial charge in [0.1, 0.15) is 0 Å². The largest absolute Gasteiger partial charge is 0.394 e. The molecule has 0 spiro atoms. The predicted molar refractivity (Wildman–Crippen MR) is 54.8 cm³/mol. The lowest BCUT2D eigenvalue weighted by Gasteiger charge is -2.10. The van der Waals surface area contributed by atoms with Crippen LogP contribution in [0.3, 0.4) is 0 Å². The third-order valence-corrected chi connectivity index (χ3v) is 2.03. The van der Waals surface area contributed by atoms with Crippen molar-refractivity contribution in [1.82, 2.24) is 5.32 Å². The van der Waals surface area contributed by atoms with E-state index in [2.05, 4.69) is 5.32 Å². The second kappa shape index (κ2) is 5.55. The van der Waals surface area contributed by atoms with Gasteiger partial charge in [-0.15, -0.1) is 0 Å². The number of nitrogens with one attached hydrogen (secondary N) is 1. The topological polar surface area (TPSA) is 49.3 Å². The van der Waals surface area contributed by atoms with E-state index in [1.165, 1.54) is 6.07 Å². The van der Waals surface area contributed by atoms with Gasteiger partial charge in [0.15, 0.2) is 11.6 Å². The number of hydrogen-bond acceptors (Lipinski definition) is 2. The number of carbonyl (C=O) groups excluding carboxylic acids is 1. The van der Waals surface area contributed by atoms with E-state index in [0.717, 1.165) is 12.1 Å². The number of hydrogen-bond donors (Lipinski definition) is 2. The number of aliphatic hydroxyl groups excluding tert-OH is 1. The van der Waals surface area contributed by atoms with Gasteiger partial charge in [0.05, 0.1) is 13.0 Å². The highest BCUT2D eigenvalue weighted by Gasteiger charge is 2.09. The highest BCUT2D eigenvalue weighted by Crippen LogP contribution is 2.09. The van der Waals surface area contributed by atoms with E-state index >= 15 is 0 Å². The lowest BCUT2D eigenvalue weighted by molar-refractivity contribution is -0.121. The molecule has 0 bridgehead atoms. The monoisotopic (exact) mass is 229 g/mol. The highest BCUT2D eigenvalue weighted by atomic mass is 19.2. The molecule has 5 heteroatoms. The summed E-state index contributed by atoms with van der Waals surface area (Å²) in [7, 11) is 0. The molecule has 0 unspecified atom stereocenters. The molecule has 1 atom stereocenters. The molecule has 3 nitrogen and oxygen atoms in total. The van der Waals surface area contributed by atoms with Crippen molar-refractivity contribution >= 4 is 5.91 Å². The Morgan fingerprint density at radius 3 is 2.69 bits per heavy atom. The minimum absolute atomic E-state index is 0.0401. The van der Waals surface area contributed by atoms with E-state index in [-0.39, 0.29) is 25.0 Å². The number of halogens is 2. The fourth-order valence-corrected chi connectivity index (χ4v) is 1.21. The van der Waals surface area contributed by atoms with E-state index in [1.54, 1.807) is 6.92 Å². The molecule has 0 aliphatic carbocycles. The number of carbonyl (C=O) groups is 1. The molecule has 1 aromatic rings. The Hall–Kier alpha value is -1.49. The fourth-order valence-electron chi connectivity index (χ4n) is 1.21. The Balaban J connectivity index is 2.59. The first kappa shape index (κ1) is 12.6. The van der Waals surface area contributed by atoms with Gasteiger partial charge in [0.2, 0.25) is 5.91 Å². The van der Waals surface area contributed by atoms with Crippen LogP contribution in [-0.2, 0) is 11.2 Å². The minimum atomic E-state index is -0.972. The molecule has 0 saturated heterocycles. The third-order valence-electron chi connectivity index (χ3n) is 2.03. The van der Waals surface area contributed by atoms with Gasteiger partial charge in [-0.2, -0.15) is 0 Å². The fraction of sp³-hybridized carbons (Fsp3) is 0.364. The van der Waals surface area contributed by atoms with Crippen molar-refractivity contribution < 1.29 is 18.7 Å². The Bertz CT molecular complexity index is 382. The summed E-state index contributed by atoms with van der Waals surface area (Å²) in [4.78, 5) is 11.3. The zero-order valence-corrected chi connectivity index (χ0v) is 8.84. The van der Waals surface area contributed by atoms with Crippen molar-refractivity contribution in [1.29, 1.82) is 0 Å². The molecule has 16 heavy (non-hydrogen) atoms. The van der Waals surface area contributed by atoms with Crippen LogP contribution in [0.25, 0.3) is 0 Å². The summed E-state index contributed by atoms with van der Waals surface area (Å²) in [5.41, 5.74) is 0.390. The average Bonchev–Trinajstić information content (AvgIpc) is 2.23. The number of rotatable bonds is 4. The smallest absolute Gasteiger partial charge is 0.224 e. The lowest BCUT2D eigenvalue weighted by Crippen LogP contribution is -2.36. The van der Waals surface area contributed by atoms with Crippen LogP contribution in [-0.4, -0.2) is 23.7 Å². The zero-order valence-electron chi connectivity index (χ0n) is 8.84. The van der Waals surface area contributed by atoms with Crippen LogP contribution >= 0.6 is 0 Å². The Kier molecular flexibility index (Phi) is 4.37. The second-order valence-corrected chi connectivity index (χ2v) is 3.58. The first-order valence-electron chi connectivity index (χ1n) is 4.87. The average molecular weight is 229 g/mol. The molecule has 88 valence electrons. The van der Waals surface area contributed by atoms with Crippen LogP contribution in [0.1, 0.15) is 12.5 Å². The van der Waals surface area contributed by atoms with Crippen LogP contribution in [0, 0.1) is 11.6 Å². The summed E-state index contributed by atoms with van der Waals surface area (Å²) in [5, 5.41) is 11.2. The van der Waals surface area contributed by atoms with E-state index in [0.29, 0.717) is 5.56 Å². The normalized spacial score (nSPS) is 12.2. The molecular formula is C11H13F2NO2. The van der Waals surface area contributed by atoms with E-state index < -0.39 is 11.6 Å². The van der Waals surface area contributed by atoms with Gasteiger partial charge < -0.3 is 10.4 Å². The summed E-state index contributed by atoms with van der Waals surface area (Å²) in [6, 6.07) is 2.96. The molecule has 1 amide bonds. The highest BCUT2D eigenvalue weighted by molar-refractivity contribution is 5.78. The van der Waals surface area contributed by atoms with Crippen LogP contribution in [0.4, 0.5) is 8.78 Å². The molecule has 1 aromatic carbocycles. The zero-order chi connectivity index (χ0) is 12.1. The van der Waals surface area contributed by atoms with Gasteiger partial charge in [-0.05, 0) is 24.6 Å². The van der Waals surface area contributed by atoms with Crippen molar-refractivity contribution in [3.8, 4) is 0 Å². The first-order valence-corrected chi connectivity index (χ1v) is 4.87. The van der Waals surface area contributed by atoms with Gasteiger partial charge in [-0.25, -0.2) is 8.78 Å². The van der Waals surface area contributed by atoms with Crippen molar-refractivity contribution in [2.75, 3.05) is 6.61 Å². The second-order valence-electron chi connectivity index (χ2n) is 3.58. The van der Waals surface area contributed by atoms with Gasteiger partial charge in [0.25, 0.3) is 0 Å². The standard InChI is InChI=1S/C11H13F2NO2/c1-7(6-15)14-11(16)5-8-2-3-9(12)10(13)4-8/h2-4,7,15H,5-6H2,1H3,(H,14,16)/t7-/m0/s1. The Labute approximate surface area is 92.1 Å². The molecule has 0 aromatic heterocycles. The van der Waals surface area contributed by atoms with Gasteiger partial charge in [0, 0.05) is 6.04 Å². The maximum atomic E-state index is 12.8. The first-order chi connectivity index (χ1) is 7.52. The third kappa shape index (κ3) is 3.58. The van der Waals surface area contributed by atoms with Crippen LogP contribution < -0.4 is 5.32 Å². The summed E-state index contributed by atoms with van der Waals surface area (Å²) >= 11 is 0. The van der Waals surface area contributed by atoms with Crippen molar-refractivity contribution in [2.45, 2.75) is 19.4 Å². The van der Waals surface area contributed by atoms with E-state index in [9.17, 15) is 13.6 Å². The number of benzene rings is 1. The molecule has 0 saturated carbocycles. The predicted octanol–water partition coefficient (Wildman–Crippen LogP) is 1.00. The summed E-state index contributed by atoms with van der Waals surface area (Å²) in [6.07, 6.45) is -0.0401. The van der Waals surface area contributed by atoms with E-state index in [1.807, 2.05) is 0 Å². The Morgan fingerprint density at radius 2 is 2.12 bits per heavy atom. The molecular weight excluding hydrogens is 216 g/mol. The van der Waals surface area contributed by atoms with Crippen molar-refractivity contribution in [3.63, 3.8) is 0 Å². The molecule has 0 fully saturated rings. The van der Waals surface area contributed by atoms with Gasteiger partial charge in [-0.1, -0.05) is 6.07 Å². The summed E-state index contributed by atoms with van der Waals surface area (Å²) in [6.45, 7) is 1.48. The molecule has 2 N–H and O–H groups in total. The van der Waals surface area contributed by atoms with Gasteiger partial charge in [-0.3, -0.25) is 4.79 Å². The summed E-state index contributed by atoms with van der Waals surface area (Å²) < 4.78 is 25.4. The quantitative estimate of drug-likeness (QED) is 0.809. The Morgan fingerprint density at radius 1 is 1.44 bits per heavy atom. The number of aliphatic hydroxyl groups is 1. The van der Waals surface area contributed by atoms with Crippen LogP contribution in [0.5, 0.6) is 0 Å². The van der Waals surface area contributed by atoms with Crippen LogP contribution in [0.15, 0.2) is 18.2 Å². The van der Waals surface area contributed by atoms with E-state index in [4.69, 9.17) is 5.11 Å². The lowest BCUT2D eigenvalue weighted by atomic mass is 10.1.